The Kier molecular flexibility index (Phi) is 7.09. The van der Waals surface area contributed by atoms with Crippen LogP contribution < -0.4 is 16.3 Å². The molecule has 0 spiro atoms. The van der Waals surface area contributed by atoms with Gasteiger partial charge >= 0.3 is 5.69 Å². The van der Waals surface area contributed by atoms with Crippen LogP contribution in [0.4, 0.5) is 0 Å². The van der Waals surface area contributed by atoms with Gasteiger partial charge < -0.3 is 10.6 Å². The molecule has 3 rings (SSSR count). The van der Waals surface area contributed by atoms with Crippen LogP contribution in [0.1, 0.15) is 49.7 Å². The van der Waals surface area contributed by atoms with Crippen LogP contribution in [-0.2, 0) is 19.5 Å². The SMILES string of the molecule is CCNC(=NCC(C)c1cccs1)NCCCn1nc2n(c1=O)CCCC2. The van der Waals surface area contributed by atoms with Gasteiger partial charge in [-0.2, -0.15) is 5.10 Å². The van der Waals surface area contributed by atoms with Gasteiger partial charge in [0.15, 0.2) is 5.96 Å². The Hall–Kier alpha value is -2.09. The van der Waals surface area contributed by atoms with Crippen molar-refractivity contribution in [3.8, 4) is 0 Å². The Bertz CT molecular complexity index is 792. The van der Waals surface area contributed by atoms with Gasteiger partial charge in [-0.25, -0.2) is 9.48 Å². The molecule has 2 aromatic rings. The minimum Gasteiger partial charge on any atom is -0.357 e. The predicted molar refractivity (Wildman–Crippen MR) is 111 cm³/mol. The number of aliphatic imine (C=N–C) groups is 1. The lowest BCUT2D eigenvalue weighted by Crippen LogP contribution is -2.38. The average Bonchev–Trinajstić information content (AvgIpc) is 3.32. The van der Waals surface area contributed by atoms with Gasteiger partial charge in [0.25, 0.3) is 0 Å². The van der Waals surface area contributed by atoms with Crippen molar-refractivity contribution < 1.29 is 0 Å². The predicted octanol–water partition coefficient (Wildman–Crippen LogP) is 2.19. The number of nitrogens with one attached hydrogen (secondary N) is 2. The first kappa shape index (κ1) is 19.7. The molecule has 2 N–H and O–H groups in total. The molecule has 3 heterocycles. The largest absolute Gasteiger partial charge is 0.357 e. The average molecular weight is 391 g/mol. The number of aryl methyl sites for hydroxylation is 2. The fraction of sp³-hybridized carbons (Fsp3) is 0.632. The van der Waals surface area contributed by atoms with Gasteiger partial charge in [-0.15, -0.1) is 11.3 Å². The molecule has 1 atom stereocenters. The number of hydrogen-bond donors (Lipinski definition) is 2. The minimum atomic E-state index is 0.0371. The van der Waals surface area contributed by atoms with Crippen molar-refractivity contribution in [2.75, 3.05) is 19.6 Å². The van der Waals surface area contributed by atoms with E-state index in [-0.39, 0.29) is 5.69 Å². The van der Waals surface area contributed by atoms with Crippen molar-refractivity contribution in [3.63, 3.8) is 0 Å². The highest BCUT2D eigenvalue weighted by Gasteiger charge is 2.16. The summed E-state index contributed by atoms with van der Waals surface area (Å²) in [5.74, 6) is 2.19. The van der Waals surface area contributed by atoms with Crippen LogP contribution in [0, 0.1) is 0 Å². The summed E-state index contributed by atoms with van der Waals surface area (Å²) >= 11 is 1.78. The van der Waals surface area contributed by atoms with Crippen molar-refractivity contribution >= 4 is 17.3 Å². The standard InChI is InChI=1S/C19H30N6OS/c1-3-20-18(22-14-15(2)16-8-6-13-27-16)21-10-7-12-25-19(26)24-11-5-4-9-17(24)23-25/h6,8,13,15H,3-5,7,9-12,14H2,1-2H3,(H2,20,21,22). The molecule has 7 nitrogen and oxygen atoms in total. The fourth-order valence-electron chi connectivity index (χ4n) is 3.26. The first-order valence-electron chi connectivity index (χ1n) is 9.91. The molecular formula is C19H30N6OS. The Morgan fingerprint density at radius 1 is 1.41 bits per heavy atom. The Morgan fingerprint density at radius 3 is 3.04 bits per heavy atom. The maximum absolute atomic E-state index is 12.3. The summed E-state index contributed by atoms with van der Waals surface area (Å²) in [7, 11) is 0. The second-order valence-electron chi connectivity index (χ2n) is 6.95. The molecule has 1 aliphatic heterocycles. The van der Waals surface area contributed by atoms with E-state index in [9.17, 15) is 4.79 Å². The summed E-state index contributed by atoms with van der Waals surface area (Å²) in [6.45, 7) is 8.05. The van der Waals surface area contributed by atoms with E-state index < -0.39 is 0 Å². The molecule has 1 unspecified atom stereocenters. The molecule has 0 aliphatic carbocycles. The second kappa shape index (κ2) is 9.73. The molecule has 0 fully saturated rings. The Morgan fingerprint density at radius 2 is 2.30 bits per heavy atom. The smallest absolute Gasteiger partial charge is 0.345 e. The van der Waals surface area contributed by atoms with E-state index in [0.29, 0.717) is 12.5 Å². The molecule has 148 valence electrons. The second-order valence-corrected chi connectivity index (χ2v) is 7.93. The van der Waals surface area contributed by atoms with Gasteiger partial charge in [0, 0.05) is 43.4 Å². The van der Waals surface area contributed by atoms with Crippen molar-refractivity contribution in [2.24, 2.45) is 4.99 Å². The summed E-state index contributed by atoms with van der Waals surface area (Å²) in [5, 5.41) is 13.2. The fourth-order valence-corrected chi connectivity index (χ4v) is 4.04. The first-order chi connectivity index (χ1) is 13.2. The maximum Gasteiger partial charge on any atom is 0.345 e. The van der Waals surface area contributed by atoms with Crippen LogP contribution in [0.2, 0.25) is 0 Å². The molecule has 8 heteroatoms. The third kappa shape index (κ3) is 5.22. The highest BCUT2D eigenvalue weighted by atomic mass is 32.1. The molecule has 0 aromatic carbocycles. The zero-order valence-corrected chi connectivity index (χ0v) is 17.1. The quantitative estimate of drug-likeness (QED) is 0.412. The van der Waals surface area contributed by atoms with Crippen molar-refractivity contribution in [1.82, 2.24) is 25.0 Å². The van der Waals surface area contributed by atoms with Crippen LogP contribution in [0.25, 0.3) is 0 Å². The zero-order valence-electron chi connectivity index (χ0n) is 16.3. The molecule has 0 bridgehead atoms. The molecule has 0 radical (unpaired) electrons. The molecule has 0 amide bonds. The van der Waals surface area contributed by atoms with Crippen molar-refractivity contribution in [2.45, 2.75) is 58.5 Å². The summed E-state index contributed by atoms with van der Waals surface area (Å²) in [4.78, 5) is 18.4. The summed E-state index contributed by atoms with van der Waals surface area (Å²) < 4.78 is 3.44. The zero-order chi connectivity index (χ0) is 19.1. The van der Waals surface area contributed by atoms with Crippen LogP contribution in [0.15, 0.2) is 27.3 Å². The van der Waals surface area contributed by atoms with E-state index in [1.807, 2.05) is 4.57 Å². The van der Waals surface area contributed by atoms with Crippen LogP contribution in [0.5, 0.6) is 0 Å². The van der Waals surface area contributed by atoms with Crippen LogP contribution in [0.3, 0.4) is 0 Å². The van der Waals surface area contributed by atoms with E-state index in [1.165, 1.54) is 4.88 Å². The van der Waals surface area contributed by atoms with E-state index >= 15 is 0 Å². The highest BCUT2D eigenvalue weighted by molar-refractivity contribution is 7.10. The number of fused-ring (bicyclic) bond motifs is 1. The van der Waals surface area contributed by atoms with Gasteiger partial charge in [0.2, 0.25) is 0 Å². The first-order valence-corrected chi connectivity index (χ1v) is 10.8. The number of nitrogens with zero attached hydrogens (tertiary/aromatic N) is 4. The number of guanidine groups is 1. The Balaban J connectivity index is 1.47. The van der Waals surface area contributed by atoms with Crippen LogP contribution in [-0.4, -0.2) is 39.9 Å². The number of rotatable bonds is 8. The molecule has 1 aliphatic rings. The molecule has 0 saturated carbocycles. The molecule has 27 heavy (non-hydrogen) atoms. The van der Waals surface area contributed by atoms with Gasteiger partial charge in [0.05, 0.1) is 6.54 Å². The number of aromatic nitrogens is 3. The third-order valence-corrected chi connectivity index (χ3v) is 5.87. The van der Waals surface area contributed by atoms with Crippen molar-refractivity contribution in [1.29, 1.82) is 0 Å². The molecular weight excluding hydrogens is 360 g/mol. The number of hydrogen-bond acceptors (Lipinski definition) is 4. The van der Waals surface area contributed by atoms with Crippen molar-refractivity contribution in [3.05, 3.63) is 38.7 Å². The summed E-state index contributed by atoms with van der Waals surface area (Å²) in [6, 6.07) is 4.24. The summed E-state index contributed by atoms with van der Waals surface area (Å²) in [6.07, 6.45) is 3.96. The van der Waals surface area contributed by atoms with E-state index in [4.69, 9.17) is 4.99 Å². The topological polar surface area (TPSA) is 76.2 Å². The lowest BCUT2D eigenvalue weighted by Gasteiger charge is -2.13. The molecule has 2 aromatic heterocycles. The van der Waals surface area contributed by atoms with E-state index in [1.54, 1.807) is 16.0 Å². The number of thiophene rings is 1. The van der Waals surface area contributed by atoms with E-state index in [0.717, 1.165) is 63.6 Å². The Labute approximate surface area is 164 Å². The minimum absolute atomic E-state index is 0.0371. The lowest BCUT2D eigenvalue weighted by atomic mass is 10.1. The van der Waals surface area contributed by atoms with Gasteiger partial charge in [-0.3, -0.25) is 9.56 Å². The highest BCUT2D eigenvalue weighted by Crippen LogP contribution is 2.20. The molecule has 0 saturated heterocycles. The van der Waals surface area contributed by atoms with Gasteiger partial charge in [0.1, 0.15) is 5.82 Å². The summed E-state index contributed by atoms with van der Waals surface area (Å²) in [5.41, 5.74) is 0.0371. The third-order valence-electron chi connectivity index (χ3n) is 4.77. The maximum atomic E-state index is 12.3. The van der Waals surface area contributed by atoms with Gasteiger partial charge in [-0.05, 0) is 37.6 Å². The van der Waals surface area contributed by atoms with E-state index in [2.05, 4.69) is 47.1 Å². The lowest BCUT2D eigenvalue weighted by molar-refractivity contribution is 0.509. The van der Waals surface area contributed by atoms with Crippen LogP contribution >= 0.6 is 11.3 Å². The monoisotopic (exact) mass is 390 g/mol. The van der Waals surface area contributed by atoms with Gasteiger partial charge in [-0.1, -0.05) is 13.0 Å². The normalized spacial score (nSPS) is 15.4.